The predicted molar refractivity (Wildman–Crippen MR) is 134 cm³/mol. The van der Waals surface area contributed by atoms with Gasteiger partial charge < -0.3 is 15.2 Å². The van der Waals surface area contributed by atoms with Crippen molar-refractivity contribution in [1.29, 1.82) is 0 Å². The van der Waals surface area contributed by atoms with Crippen LogP contribution >= 0.6 is 0 Å². The summed E-state index contributed by atoms with van der Waals surface area (Å²) in [6.45, 7) is 6.33. The minimum absolute atomic E-state index is 0.00668. The van der Waals surface area contributed by atoms with Gasteiger partial charge in [0.1, 0.15) is 5.65 Å². The van der Waals surface area contributed by atoms with Crippen LogP contribution in [-0.2, 0) is 14.9 Å². The number of pyridine rings is 1. The number of nitrogens with zero attached hydrogens (tertiary/aromatic N) is 4. The summed E-state index contributed by atoms with van der Waals surface area (Å²) in [6.07, 6.45) is 5.04. The number of piperidine rings is 1. The molecule has 3 heterocycles. The average molecular weight is 509 g/mol. The van der Waals surface area contributed by atoms with E-state index in [1.165, 1.54) is 10.4 Å². The second-order valence-corrected chi connectivity index (χ2v) is 12.1. The molecule has 0 aromatic carbocycles. The molecule has 1 saturated heterocycles. The Morgan fingerprint density at radius 1 is 1.26 bits per heavy atom. The molecule has 2 aromatic rings. The lowest BCUT2D eigenvalue weighted by molar-refractivity contribution is 0.0266. The molecule has 2 aliphatic rings. The molecule has 0 radical (unpaired) electrons. The van der Waals surface area contributed by atoms with Crippen molar-refractivity contribution in [3.05, 3.63) is 28.7 Å². The van der Waals surface area contributed by atoms with Gasteiger partial charge in [-0.1, -0.05) is 0 Å². The summed E-state index contributed by atoms with van der Waals surface area (Å²) >= 11 is 0. The van der Waals surface area contributed by atoms with E-state index in [1.807, 2.05) is 13.8 Å². The van der Waals surface area contributed by atoms with E-state index in [0.717, 1.165) is 11.8 Å². The third kappa shape index (κ3) is 5.67. The van der Waals surface area contributed by atoms with Crippen LogP contribution in [0.15, 0.2) is 23.1 Å². The van der Waals surface area contributed by atoms with Gasteiger partial charge in [0.15, 0.2) is 0 Å². The SMILES string of the molecule is COC(C)(C)CNS(=O)(=O)N1CCC(Nc2ncc3ccc(=O)n([C@@H]4CCC[C@@]4(C)O)c3n2)CC1. The van der Waals surface area contributed by atoms with Gasteiger partial charge in [-0.2, -0.15) is 22.4 Å². The fourth-order valence-corrected chi connectivity index (χ4v) is 6.20. The highest BCUT2D eigenvalue weighted by atomic mass is 32.2. The molecule has 11 nitrogen and oxygen atoms in total. The van der Waals surface area contributed by atoms with E-state index < -0.39 is 21.4 Å². The monoisotopic (exact) mass is 508 g/mol. The third-order valence-corrected chi connectivity index (χ3v) is 8.77. The maximum absolute atomic E-state index is 12.8. The lowest BCUT2D eigenvalue weighted by atomic mass is 10.00. The molecule has 4 rings (SSSR count). The summed E-state index contributed by atoms with van der Waals surface area (Å²) in [4.78, 5) is 21.8. The molecule has 194 valence electrons. The first-order chi connectivity index (χ1) is 16.4. The summed E-state index contributed by atoms with van der Waals surface area (Å²) in [7, 11) is -2.05. The van der Waals surface area contributed by atoms with Crippen LogP contribution in [-0.4, -0.2) is 76.4 Å². The van der Waals surface area contributed by atoms with Crippen LogP contribution in [0.2, 0.25) is 0 Å². The van der Waals surface area contributed by atoms with Gasteiger partial charge in [-0.05, 0) is 58.9 Å². The molecular weight excluding hydrogens is 472 g/mol. The maximum atomic E-state index is 12.8. The van der Waals surface area contributed by atoms with Gasteiger partial charge in [-0.15, -0.1) is 0 Å². The Hall–Kier alpha value is -2.12. The van der Waals surface area contributed by atoms with Crippen LogP contribution in [0.3, 0.4) is 0 Å². The molecule has 0 bridgehead atoms. The molecule has 1 aliphatic carbocycles. The Morgan fingerprint density at radius 2 is 1.97 bits per heavy atom. The lowest BCUT2D eigenvalue weighted by Gasteiger charge is -2.33. The van der Waals surface area contributed by atoms with Gasteiger partial charge in [-0.3, -0.25) is 9.36 Å². The fraction of sp³-hybridized carbons (Fsp3) is 0.696. The smallest absolute Gasteiger partial charge is 0.279 e. The van der Waals surface area contributed by atoms with Crippen molar-refractivity contribution >= 4 is 27.2 Å². The van der Waals surface area contributed by atoms with Gasteiger partial charge in [0.25, 0.3) is 15.8 Å². The van der Waals surface area contributed by atoms with Gasteiger partial charge in [0.05, 0.1) is 17.2 Å². The zero-order valence-corrected chi connectivity index (χ0v) is 21.6. The molecule has 3 N–H and O–H groups in total. The first kappa shape index (κ1) is 26.0. The maximum Gasteiger partial charge on any atom is 0.279 e. The highest BCUT2D eigenvalue weighted by Gasteiger charge is 2.39. The number of fused-ring (bicyclic) bond motifs is 1. The van der Waals surface area contributed by atoms with E-state index in [-0.39, 0.29) is 24.2 Å². The summed E-state index contributed by atoms with van der Waals surface area (Å²) in [5, 5.41) is 14.9. The Kier molecular flexibility index (Phi) is 7.22. The van der Waals surface area contributed by atoms with Crippen molar-refractivity contribution in [2.75, 3.05) is 32.1 Å². The largest absolute Gasteiger partial charge is 0.388 e. The minimum atomic E-state index is -3.60. The molecule has 35 heavy (non-hydrogen) atoms. The second-order valence-electron chi connectivity index (χ2n) is 10.4. The summed E-state index contributed by atoms with van der Waals surface area (Å²) in [6, 6.07) is 2.84. The van der Waals surface area contributed by atoms with Crippen LogP contribution in [0.4, 0.5) is 5.95 Å². The van der Waals surface area contributed by atoms with E-state index >= 15 is 0 Å². The van der Waals surface area contributed by atoms with Crippen LogP contribution < -0.4 is 15.6 Å². The zero-order valence-electron chi connectivity index (χ0n) is 20.8. The number of aliphatic hydroxyl groups is 1. The molecule has 12 heteroatoms. The Labute approximate surface area is 206 Å². The number of anilines is 1. The van der Waals surface area contributed by atoms with Crippen LogP contribution in [0.25, 0.3) is 11.0 Å². The number of rotatable bonds is 8. The van der Waals surface area contributed by atoms with Crippen molar-refractivity contribution in [3.63, 3.8) is 0 Å². The third-order valence-electron chi connectivity index (χ3n) is 7.22. The molecule has 2 atom stereocenters. The number of hydrogen-bond acceptors (Lipinski definition) is 8. The average Bonchev–Trinajstić information content (AvgIpc) is 3.16. The van der Waals surface area contributed by atoms with Crippen LogP contribution in [0.5, 0.6) is 0 Å². The zero-order chi connectivity index (χ0) is 25.4. The fourth-order valence-electron chi connectivity index (χ4n) is 4.80. The standard InChI is InChI=1S/C23H36N6O5S/c1-22(2,34-4)15-25-35(32,33)28-12-9-17(10-13-28)26-21-24-14-16-7-8-19(30)29(20(16)27-21)18-6-5-11-23(18,3)31/h7-8,14,17-18,25,31H,5-6,9-13,15H2,1-4H3,(H,24,26,27)/t18-,23-/m1/s1. The van der Waals surface area contributed by atoms with E-state index in [2.05, 4.69) is 20.0 Å². The Balaban J connectivity index is 1.46. The highest BCUT2D eigenvalue weighted by Crippen LogP contribution is 2.39. The number of ether oxygens (including phenoxy) is 1. The van der Waals surface area contributed by atoms with Gasteiger partial charge in [0, 0.05) is 50.4 Å². The first-order valence-corrected chi connectivity index (χ1v) is 13.5. The molecule has 2 fully saturated rings. The van der Waals surface area contributed by atoms with Crippen LogP contribution in [0.1, 0.15) is 58.9 Å². The van der Waals surface area contributed by atoms with Crippen molar-refractivity contribution in [3.8, 4) is 0 Å². The predicted octanol–water partition coefficient (Wildman–Crippen LogP) is 1.40. The number of nitrogens with one attached hydrogen (secondary N) is 2. The second kappa shape index (κ2) is 9.74. The molecule has 0 unspecified atom stereocenters. The molecule has 0 spiro atoms. The minimum Gasteiger partial charge on any atom is -0.388 e. The van der Waals surface area contributed by atoms with Gasteiger partial charge in [-0.25, -0.2) is 4.98 Å². The quantitative estimate of drug-likeness (QED) is 0.486. The van der Waals surface area contributed by atoms with Crippen LogP contribution in [0, 0.1) is 0 Å². The van der Waals surface area contributed by atoms with Gasteiger partial charge in [0.2, 0.25) is 5.95 Å². The molecule has 2 aromatic heterocycles. The first-order valence-electron chi connectivity index (χ1n) is 12.1. The molecular formula is C23H36N6O5S. The molecule has 0 amide bonds. The van der Waals surface area contributed by atoms with E-state index in [1.54, 1.807) is 30.9 Å². The number of methoxy groups -OCH3 is 1. The van der Waals surface area contributed by atoms with Crippen molar-refractivity contribution in [2.45, 2.75) is 76.2 Å². The normalized spacial score (nSPS) is 24.8. The Bertz CT molecular complexity index is 1220. The van der Waals surface area contributed by atoms with E-state index in [9.17, 15) is 18.3 Å². The summed E-state index contributed by atoms with van der Waals surface area (Å²) in [5.41, 5.74) is -1.27. The topological polar surface area (TPSA) is 139 Å². The van der Waals surface area contributed by atoms with Crippen molar-refractivity contribution in [1.82, 2.24) is 23.6 Å². The highest BCUT2D eigenvalue weighted by molar-refractivity contribution is 7.87. The van der Waals surface area contributed by atoms with Crippen molar-refractivity contribution in [2.24, 2.45) is 0 Å². The number of aromatic nitrogens is 3. The lowest BCUT2D eigenvalue weighted by Crippen LogP contribution is -2.50. The Morgan fingerprint density at radius 3 is 2.60 bits per heavy atom. The summed E-state index contributed by atoms with van der Waals surface area (Å²) < 4.78 is 36.3. The van der Waals surface area contributed by atoms with E-state index in [0.29, 0.717) is 50.4 Å². The molecule has 1 saturated carbocycles. The van der Waals surface area contributed by atoms with E-state index in [4.69, 9.17) is 4.74 Å². The van der Waals surface area contributed by atoms with Gasteiger partial charge >= 0.3 is 0 Å². The van der Waals surface area contributed by atoms with Crippen molar-refractivity contribution < 1.29 is 18.3 Å². The summed E-state index contributed by atoms with van der Waals surface area (Å²) in [5.74, 6) is 0.385. The number of hydrogen-bond donors (Lipinski definition) is 3. The molecule has 1 aliphatic heterocycles.